The lowest BCUT2D eigenvalue weighted by atomic mass is 9.87. The molecule has 0 aromatic carbocycles. The molecule has 32 heavy (non-hydrogen) atoms. The van der Waals surface area contributed by atoms with Crippen molar-refractivity contribution in [2.24, 2.45) is 5.92 Å². The minimum absolute atomic E-state index is 0.163. The molecular formula is C22H29F2N5O2S. The van der Waals surface area contributed by atoms with Crippen LogP contribution in [0.2, 0.25) is 0 Å². The standard InChI is InChI=1S/C22H29F2N5O2S/c1-14-2-4-15(5-3-14)26-12-16(20(25)21(23)24)27-22(30)17-6-7-18-29(17)13-19(32-18)28-8-10-31-11-9-28/h6-7,12-15,21,25-26H,2-5,8-11H2,1H3,(H,27,30)/b16-12+,25-20?/t14-,15-. The number of amides is 1. The number of hydrogen-bond donors (Lipinski definition) is 3. The summed E-state index contributed by atoms with van der Waals surface area (Å²) < 4.78 is 33.7. The van der Waals surface area contributed by atoms with Crippen LogP contribution in [0.4, 0.5) is 13.8 Å². The number of halogens is 2. The van der Waals surface area contributed by atoms with Crippen molar-refractivity contribution in [2.45, 2.75) is 45.1 Å². The molecule has 0 unspecified atom stereocenters. The fourth-order valence-electron chi connectivity index (χ4n) is 4.12. The van der Waals surface area contributed by atoms with Gasteiger partial charge in [-0.25, -0.2) is 8.78 Å². The first-order valence-corrected chi connectivity index (χ1v) is 11.8. The van der Waals surface area contributed by atoms with E-state index in [1.165, 1.54) is 6.20 Å². The number of nitrogens with one attached hydrogen (secondary N) is 3. The van der Waals surface area contributed by atoms with Crippen LogP contribution in [0.1, 0.15) is 43.1 Å². The van der Waals surface area contributed by atoms with Crippen molar-refractivity contribution < 1.29 is 18.3 Å². The maximum Gasteiger partial charge on any atom is 0.281 e. The van der Waals surface area contributed by atoms with Crippen LogP contribution >= 0.6 is 11.3 Å². The van der Waals surface area contributed by atoms with Gasteiger partial charge in [0, 0.05) is 31.5 Å². The van der Waals surface area contributed by atoms with Crippen LogP contribution in [0.5, 0.6) is 0 Å². The lowest BCUT2D eigenvalue weighted by Crippen LogP contribution is -2.35. The molecule has 1 amide bonds. The largest absolute Gasteiger partial charge is 0.386 e. The van der Waals surface area contributed by atoms with E-state index in [1.807, 2.05) is 12.3 Å². The van der Waals surface area contributed by atoms with Gasteiger partial charge in [0.2, 0.25) is 0 Å². The number of carbonyl (C=O) groups is 1. The Morgan fingerprint density at radius 3 is 2.66 bits per heavy atom. The molecule has 1 aliphatic heterocycles. The lowest BCUT2D eigenvalue weighted by Gasteiger charge is -2.27. The molecule has 2 fully saturated rings. The van der Waals surface area contributed by atoms with Gasteiger partial charge in [0.1, 0.15) is 21.2 Å². The first kappa shape index (κ1) is 22.7. The summed E-state index contributed by atoms with van der Waals surface area (Å²) in [6, 6.07) is 3.67. The lowest BCUT2D eigenvalue weighted by molar-refractivity contribution is 0.0961. The molecule has 1 saturated carbocycles. The van der Waals surface area contributed by atoms with E-state index in [1.54, 1.807) is 21.8 Å². The van der Waals surface area contributed by atoms with E-state index in [4.69, 9.17) is 10.1 Å². The summed E-state index contributed by atoms with van der Waals surface area (Å²) in [4.78, 5) is 16.1. The number of anilines is 1. The molecule has 2 aromatic rings. The van der Waals surface area contributed by atoms with Crippen molar-refractivity contribution in [2.75, 3.05) is 31.2 Å². The Morgan fingerprint density at radius 2 is 1.97 bits per heavy atom. The van der Waals surface area contributed by atoms with E-state index < -0.39 is 18.0 Å². The monoisotopic (exact) mass is 465 g/mol. The second-order valence-electron chi connectivity index (χ2n) is 8.45. The molecule has 0 radical (unpaired) electrons. The van der Waals surface area contributed by atoms with Gasteiger partial charge in [0.15, 0.2) is 0 Å². The van der Waals surface area contributed by atoms with E-state index in [9.17, 15) is 13.6 Å². The molecule has 0 bridgehead atoms. The maximum absolute atomic E-state index is 13.3. The minimum Gasteiger partial charge on any atom is -0.386 e. The molecule has 3 heterocycles. The van der Waals surface area contributed by atoms with Gasteiger partial charge >= 0.3 is 0 Å². The maximum atomic E-state index is 13.3. The molecule has 4 rings (SSSR count). The van der Waals surface area contributed by atoms with Gasteiger partial charge in [0.25, 0.3) is 12.3 Å². The van der Waals surface area contributed by atoms with Crippen LogP contribution in [0, 0.1) is 11.3 Å². The van der Waals surface area contributed by atoms with E-state index in [0.717, 1.165) is 48.6 Å². The van der Waals surface area contributed by atoms with Crippen molar-refractivity contribution in [1.29, 1.82) is 5.41 Å². The predicted molar refractivity (Wildman–Crippen MR) is 122 cm³/mol. The summed E-state index contributed by atoms with van der Waals surface area (Å²) in [5.74, 6) is 0.146. The second kappa shape index (κ2) is 9.99. The van der Waals surface area contributed by atoms with E-state index in [-0.39, 0.29) is 11.7 Å². The fourth-order valence-corrected chi connectivity index (χ4v) is 5.19. The highest BCUT2D eigenvalue weighted by atomic mass is 32.1. The Hall–Kier alpha value is -2.46. The second-order valence-corrected chi connectivity index (χ2v) is 9.49. The van der Waals surface area contributed by atoms with Crippen LogP contribution in [0.25, 0.3) is 4.83 Å². The zero-order valence-corrected chi connectivity index (χ0v) is 18.9. The van der Waals surface area contributed by atoms with Crippen LogP contribution in [0.15, 0.2) is 30.2 Å². The third kappa shape index (κ3) is 5.12. The average Bonchev–Trinajstić information content (AvgIpc) is 3.38. The van der Waals surface area contributed by atoms with Crippen LogP contribution in [-0.2, 0) is 4.74 Å². The van der Waals surface area contributed by atoms with Crippen molar-refractivity contribution in [1.82, 2.24) is 15.0 Å². The first-order valence-electron chi connectivity index (χ1n) is 11.0. The van der Waals surface area contributed by atoms with E-state index >= 15 is 0 Å². The molecular weight excluding hydrogens is 436 g/mol. The van der Waals surface area contributed by atoms with Gasteiger partial charge in [-0.15, -0.1) is 0 Å². The van der Waals surface area contributed by atoms with Gasteiger partial charge in [-0.05, 0) is 43.7 Å². The summed E-state index contributed by atoms with van der Waals surface area (Å²) in [5, 5.41) is 14.5. The molecule has 7 nitrogen and oxygen atoms in total. The van der Waals surface area contributed by atoms with Crippen molar-refractivity contribution >= 4 is 32.8 Å². The minimum atomic E-state index is -2.98. The number of alkyl halides is 2. The number of morpholine rings is 1. The number of carbonyl (C=O) groups excluding carboxylic acids is 1. The predicted octanol–water partition coefficient (Wildman–Crippen LogP) is 3.86. The highest BCUT2D eigenvalue weighted by Crippen LogP contribution is 2.29. The summed E-state index contributed by atoms with van der Waals surface area (Å²) in [6.07, 6.45) is 4.32. The molecule has 1 saturated heterocycles. The smallest absolute Gasteiger partial charge is 0.281 e. The molecule has 2 aliphatic rings. The fraction of sp³-hybridized carbons (Fsp3) is 0.545. The summed E-state index contributed by atoms with van der Waals surface area (Å²) >= 11 is 1.57. The quantitative estimate of drug-likeness (QED) is 0.543. The zero-order chi connectivity index (χ0) is 22.7. The van der Waals surface area contributed by atoms with E-state index in [0.29, 0.717) is 24.8 Å². The average molecular weight is 466 g/mol. The third-order valence-corrected chi connectivity index (χ3v) is 7.24. The Balaban J connectivity index is 1.49. The van der Waals surface area contributed by atoms with Gasteiger partial charge < -0.3 is 24.7 Å². The summed E-state index contributed by atoms with van der Waals surface area (Å²) in [6.45, 7) is 5.11. The van der Waals surface area contributed by atoms with Crippen molar-refractivity contribution in [3.8, 4) is 0 Å². The Labute approximate surface area is 189 Å². The number of aromatic nitrogens is 1. The number of allylic oxidation sites excluding steroid dienone is 1. The zero-order valence-electron chi connectivity index (χ0n) is 18.1. The SMILES string of the molecule is C[C@H]1CC[C@H](N/C=C(/NC(=O)c2ccc3sc(N4CCOCC4)cn23)C(=N)C(F)F)CC1. The van der Waals surface area contributed by atoms with Crippen LogP contribution in [0.3, 0.4) is 0 Å². The number of ether oxygens (including phenoxy) is 1. The Kier molecular flexibility index (Phi) is 7.10. The number of thiazole rings is 1. The van der Waals surface area contributed by atoms with Gasteiger partial charge in [-0.2, -0.15) is 0 Å². The number of fused-ring (bicyclic) bond motifs is 1. The highest BCUT2D eigenvalue weighted by molar-refractivity contribution is 7.21. The highest BCUT2D eigenvalue weighted by Gasteiger charge is 2.23. The van der Waals surface area contributed by atoms with E-state index in [2.05, 4.69) is 22.5 Å². The number of rotatable bonds is 7. The molecule has 0 atom stereocenters. The van der Waals surface area contributed by atoms with Gasteiger partial charge in [-0.1, -0.05) is 18.3 Å². The van der Waals surface area contributed by atoms with Crippen LogP contribution < -0.4 is 15.5 Å². The molecule has 0 spiro atoms. The first-order chi connectivity index (χ1) is 15.4. The molecule has 10 heteroatoms. The third-order valence-electron chi connectivity index (χ3n) is 6.12. The van der Waals surface area contributed by atoms with Gasteiger partial charge in [-0.3, -0.25) is 10.2 Å². The normalized spacial score (nSPS) is 22.4. The Bertz CT molecular complexity index is 988. The molecule has 174 valence electrons. The van der Waals surface area contributed by atoms with Gasteiger partial charge in [0.05, 0.1) is 18.9 Å². The summed E-state index contributed by atoms with van der Waals surface area (Å²) in [7, 11) is 0. The molecule has 2 aromatic heterocycles. The molecule has 3 N–H and O–H groups in total. The number of nitrogens with zero attached hydrogens (tertiary/aromatic N) is 2. The van der Waals surface area contributed by atoms with Crippen molar-refractivity contribution in [3.63, 3.8) is 0 Å². The topological polar surface area (TPSA) is 81.9 Å². The number of hydrogen-bond acceptors (Lipinski definition) is 6. The van der Waals surface area contributed by atoms with Crippen LogP contribution in [-0.4, -0.2) is 54.8 Å². The molecule has 1 aliphatic carbocycles. The summed E-state index contributed by atoms with van der Waals surface area (Å²) in [5.41, 5.74) is -0.750. The Morgan fingerprint density at radius 1 is 1.25 bits per heavy atom. The van der Waals surface area contributed by atoms with Crippen molar-refractivity contribution in [3.05, 3.63) is 35.9 Å².